The molecule has 11 heteroatoms. The number of aromatic amines is 1. The van der Waals surface area contributed by atoms with Crippen molar-refractivity contribution in [2.45, 2.75) is 38.3 Å². The number of aromatic nitrogens is 4. The number of aryl methyl sites for hydroxylation is 2. The monoisotopic (exact) mass is 462 g/mol. The van der Waals surface area contributed by atoms with E-state index in [1.807, 2.05) is 0 Å². The Morgan fingerprint density at radius 3 is 2.42 bits per heavy atom. The molecule has 0 unspecified atom stereocenters. The van der Waals surface area contributed by atoms with Gasteiger partial charge in [-0.1, -0.05) is 24.3 Å². The van der Waals surface area contributed by atoms with Crippen LogP contribution in [0, 0.1) is 0 Å². The molecule has 1 amide bonds. The highest BCUT2D eigenvalue weighted by Gasteiger charge is 2.34. The van der Waals surface area contributed by atoms with E-state index < -0.39 is 17.6 Å². The number of primary amides is 1. The van der Waals surface area contributed by atoms with E-state index in [4.69, 9.17) is 10.5 Å². The van der Waals surface area contributed by atoms with Gasteiger partial charge in [0.25, 0.3) is 0 Å². The van der Waals surface area contributed by atoms with Crippen LogP contribution in [0.25, 0.3) is 0 Å². The first-order chi connectivity index (χ1) is 15.8. The zero-order valence-electron chi connectivity index (χ0n) is 17.9. The van der Waals surface area contributed by atoms with Gasteiger partial charge in [0.1, 0.15) is 0 Å². The lowest BCUT2D eigenvalue weighted by atomic mass is 9.98. The smallest absolute Gasteiger partial charge is 0.381 e. The van der Waals surface area contributed by atoms with E-state index in [0.29, 0.717) is 11.3 Å². The lowest BCUT2D eigenvalue weighted by Crippen LogP contribution is -2.16. The summed E-state index contributed by atoms with van der Waals surface area (Å²) in [7, 11) is 0. The Labute approximate surface area is 188 Å². The number of carbonyl (C=O) groups is 1. The molecule has 1 aliphatic rings. The Balaban J connectivity index is 0.000000541. The first kappa shape index (κ1) is 24.2. The van der Waals surface area contributed by atoms with Gasteiger partial charge in [-0.15, -0.1) is 0 Å². The van der Waals surface area contributed by atoms with E-state index in [9.17, 15) is 18.0 Å². The summed E-state index contributed by atoms with van der Waals surface area (Å²) in [4.78, 5) is 19.0. The minimum atomic E-state index is -4.57. The van der Waals surface area contributed by atoms with Crippen molar-refractivity contribution in [1.82, 2.24) is 20.2 Å². The molecule has 1 aromatic carbocycles. The number of amides is 1. The van der Waals surface area contributed by atoms with E-state index in [1.165, 1.54) is 25.2 Å². The van der Waals surface area contributed by atoms with Gasteiger partial charge in [-0.05, 0) is 36.8 Å². The van der Waals surface area contributed by atoms with Gasteiger partial charge in [-0.25, -0.2) is 9.97 Å². The van der Waals surface area contributed by atoms with Gasteiger partial charge in [0.15, 0.2) is 0 Å². The molecule has 0 spiro atoms. The van der Waals surface area contributed by atoms with Gasteiger partial charge >= 0.3 is 6.18 Å². The van der Waals surface area contributed by atoms with Gasteiger partial charge < -0.3 is 15.8 Å². The van der Waals surface area contributed by atoms with Gasteiger partial charge in [0, 0.05) is 25.6 Å². The highest BCUT2D eigenvalue weighted by molar-refractivity contribution is 5.77. The maximum atomic E-state index is 13.4. The first-order valence-electron chi connectivity index (χ1n) is 10.4. The number of hydrogen-bond donors (Lipinski definition) is 3. The molecule has 0 saturated carbocycles. The van der Waals surface area contributed by atoms with Crippen molar-refractivity contribution in [2.24, 2.45) is 5.73 Å². The summed E-state index contributed by atoms with van der Waals surface area (Å²) in [5.74, 6) is -0.466. The van der Waals surface area contributed by atoms with Crippen LogP contribution in [-0.2, 0) is 35.0 Å². The number of ether oxygens (including phenoxy) is 1. The second-order valence-corrected chi connectivity index (χ2v) is 7.39. The van der Waals surface area contributed by atoms with Crippen LogP contribution < -0.4 is 11.1 Å². The Morgan fingerprint density at radius 2 is 1.85 bits per heavy atom. The van der Waals surface area contributed by atoms with Crippen LogP contribution in [0.2, 0.25) is 0 Å². The van der Waals surface area contributed by atoms with Crippen LogP contribution in [0.5, 0.6) is 0 Å². The molecule has 1 fully saturated rings. The molecule has 176 valence electrons. The lowest BCUT2D eigenvalue weighted by Gasteiger charge is -2.14. The number of nitrogens with two attached hydrogens (primary N) is 1. The van der Waals surface area contributed by atoms with Gasteiger partial charge in [0.2, 0.25) is 11.9 Å². The predicted molar refractivity (Wildman–Crippen MR) is 116 cm³/mol. The molecule has 0 radical (unpaired) electrons. The molecule has 4 rings (SSSR count). The third-order valence-corrected chi connectivity index (χ3v) is 4.87. The Bertz CT molecular complexity index is 1030. The maximum absolute atomic E-state index is 13.4. The molecule has 4 N–H and O–H groups in total. The summed E-state index contributed by atoms with van der Waals surface area (Å²) in [5, 5.41) is 9.12. The number of anilines is 2. The highest BCUT2D eigenvalue weighted by atomic mass is 19.4. The number of rotatable bonds is 7. The van der Waals surface area contributed by atoms with Gasteiger partial charge in [-0.3, -0.25) is 9.89 Å². The Hall–Kier alpha value is -3.47. The summed E-state index contributed by atoms with van der Waals surface area (Å²) in [6.45, 7) is 2.00. The molecule has 3 aromatic rings. The standard InChI is InChI=1S/C18H17F3N6O.C4H8O/c19-18(20,21)14-10-23-17(26-13-8-24-25-9-13)27-15(14)6-5-11-3-1-2-4-12(11)7-16(22)28;1-2-4-5-3-1/h1-4,8-10H,5-7H2,(H2,22,28)(H,24,25)(H,23,26,27);1-4H2. The maximum Gasteiger partial charge on any atom is 0.419 e. The summed E-state index contributed by atoms with van der Waals surface area (Å²) >= 11 is 0. The van der Waals surface area contributed by atoms with Crippen LogP contribution >= 0.6 is 0 Å². The van der Waals surface area contributed by atoms with E-state index in [2.05, 4.69) is 25.5 Å². The molecule has 33 heavy (non-hydrogen) atoms. The van der Waals surface area contributed by atoms with Crippen molar-refractivity contribution in [1.29, 1.82) is 0 Å². The number of H-pyrrole nitrogens is 1. The number of nitrogens with zero attached hydrogens (tertiary/aromatic N) is 3. The minimum Gasteiger partial charge on any atom is -0.381 e. The fourth-order valence-electron chi connectivity index (χ4n) is 3.28. The summed E-state index contributed by atoms with van der Waals surface area (Å²) in [6.07, 6.45) is 2.05. The molecule has 2 aromatic heterocycles. The van der Waals surface area contributed by atoms with Crippen molar-refractivity contribution < 1.29 is 22.7 Å². The van der Waals surface area contributed by atoms with E-state index in [-0.39, 0.29) is 30.9 Å². The van der Waals surface area contributed by atoms with E-state index in [1.54, 1.807) is 24.3 Å². The lowest BCUT2D eigenvalue weighted by molar-refractivity contribution is -0.138. The van der Waals surface area contributed by atoms with Crippen LogP contribution in [-0.4, -0.2) is 39.3 Å². The SMILES string of the molecule is C1CCOC1.NC(=O)Cc1ccccc1CCc1nc(Nc2cn[nH]c2)ncc1C(F)(F)F. The van der Waals surface area contributed by atoms with Crippen molar-refractivity contribution in [3.05, 3.63) is 65.2 Å². The number of hydrogen-bond acceptors (Lipinski definition) is 6. The number of nitrogens with one attached hydrogen (secondary N) is 2. The molecule has 0 atom stereocenters. The van der Waals surface area contributed by atoms with E-state index in [0.717, 1.165) is 25.0 Å². The molecule has 0 aliphatic carbocycles. The number of carbonyl (C=O) groups excluding carboxylic acids is 1. The Morgan fingerprint density at radius 1 is 1.12 bits per heavy atom. The van der Waals surface area contributed by atoms with Crippen LogP contribution in [0.15, 0.2) is 42.9 Å². The van der Waals surface area contributed by atoms with Crippen molar-refractivity contribution in [2.75, 3.05) is 18.5 Å². The fraction of sp³-hybridized carbons (Fsp3) is 0.364. The molecule has 1 saturated heterocycles. The molecule has 3 heterocycles. The number of halogens is 3. The fourth-order valence-corrected chi connectivity index (χ4v) is 3.28. The predicted octanol–water partition coefficient (Wildman–Crippen LogP) is 3.57. The number of benzene rings is 1. The summed E-state index contributed by atoms with van der Waals surface area (Å²) < 4.78 is 45.0. The molecular weight excluding hydrogens is 437 g/mol. The quantitative estimate of drug-likeness (QED) is 0.494. The molecule has 8 nitrogen and oxygen atoms in total. The molecular formula is C22H25F3N6O2. The second-order valence-electron chi connectivity index (χ2n) is 7.39. The normalized spacial score (nSPS) is 13.3. The third-order valence-electron chi connectivity index (χ3n) is 4.87. The first-order valence-corrected chi connectivity index (χ1v) is 10.4. The molecule has 0 bridgehead atoms. The topological polar surface area (TPSA) is 119 Å². The van der Waals surface area contributed by atoms with E-state index >= 15 is 0 Å². The highest BCUT2D eigenvalue weighted by Crippen LogP contribution is 2.32. The molecule has 1 aliphatic heterocycles. The van der Waals surface area contributed by atoms with Gasteiger partial charge in [-0.2, -0.15) is 18.3 Å². The summed E-state index contributed by atoms with van der Waals surface area (Å²) in [6, 6.07) is 7.00. The second kappa shape index (κ2) is 11.4. The Kier molecular flexibility index (Phi) is 8.36. The van der Waals surface area contributed by atoms with Crippen LogP contribution in [0.1, 0.15) is 35.2 Å². The van der Waals surface area contributed by atoms with Crippen molar-refractivity contribution in [3.63, 3.8) is 0 Å². The zero-order valence-corrected chi connectivity index (χ0v) is 17.9. The van der Waals surface area contributed by atoms with Gasteiger partial charge in [0.05, 0.1) is 29.6 Å². The van der Waals surface area contributed by atoms with Crippen molar-refractivity contribution >= 4 is 17.5 Å². The van der Waals surface area contributed by atoms with Crippen LogP contribution in [0.3, 0.4) is 0 Å². The summed E-state index contributed by atoms with van der Waals surface area (Å²) in [5.41, 5.74) is 6.18. The average Bonchev–Trinajstić information content (AvgIpc) is 3.49. The third kappa shape index (κ3) is 7.56. The largest absolute Gasteiger partial charge is 0.419 e. The number of alkyl halides is 3. The minimum absolute atomic E-state index is 0.0210. The zero-order chi connectivity index (χ0) is 23.7. The van der Waals surface area contributed by atoms with Crippen molar-refractivity contribution in [3.8, 4) is 0 Å². The average molecular weight is 462 g/mol. The van der Waals surface area contributed by atoms with Crippen LogP contribution in [0.4, 0.5) is 24.8 Å².